The van der Waals surface area contributed by atoms with Crippen molar-refractivity contribution in [1.82, 2.24) is 5.32 Å². The van der Waals surface area contributed by atoms with E-state index in [2.05, 4.69) is 5.32 Å². The molecule has 108 valence electrons. The summed E-state index contributed by atoms with van der Waals surface area (Å²) in [7, 11) is 4.67. The molecule has 0 amide bonds. The van der Waals surface area contributed by atoms with Crippen LogP contribution in [-0.4, -0.2) is 39.0 Å². The summed E-state index contributed by atoms with van der Waals surface area (Å²) in [5, 5.41) is 13.5. The Labute approximate surface area is 114 Å². The van der Waals surface area contributed by atoms with Crippen LogP contribution >= 0.6 is 0 Å². The zero-order valence-electron chi connectivity index (χ0n) is 12.2. The fraction of sp³-hybridized carbons (Fsp3) is 0.571. The summed E-state index contributed by atoms with van der Waals surface area (Å²) >= 11 is 0. The van der Waals surface area contributed by atoms with Crippen molar-refractivity contribution in [2.45, 2.75) is 26.0 Å². The van der Waals surface area contributed by atoms with Crippen LogP contribution in [0.1, 0.15) is 25.5 Å². The molecule has 0 saturated carbocycles. The van der Waals surface area contributed by atoms with Crippen LogP contribution in [0.4, 0.5) is 0 Å². The Kier molecular flexibility index (Phi) is 5.92. The van der Waals surface area contributed by atoms with E-state index in [1.807, 2.05) is 13.8 Å². The molecule has 1 aromatic carbocycles. The Morgan fingerprint density at radius 3 is 2.00 bits per heavy atom. The molecule has 0 heterocycles. The lowest BCUT2D eigenvalue weighted by Gasteiger charge is -2.22. The van der Waals surface area contributed by atoms with Crippen LogP contribution in [0, 0.1) is 0 Å². The van der Waals surface area contributed by atoms with Gasteiger partial charge in [0, 0.05) is 6.04 Å². The van der Waals surface area contributed by atoms with Crippen LogP contribution in [-0.2, 0) is 0 Å². The summed E-state index contributed by atoms with van der Waals surface area (Å²) in [5.41, 5.74) is 0.725. The lowest BCUT2D eigenvalue weighted by molar-refractivity contribution is 0.136. The van der Waals surface area contributed by atoms with E-state index >= 15 is 0 Å². The van der Waals surface area contributed by atoms with Gasteiger partial charge in [-0.15, -0.1) is 0 Å². The molecule has 0 fully saturated rings. The molecule has 2 N–H and O–H groups in total. The van der Waals surface area contributed by atoms with E-state index in [1.165, 1.54) is 0 Å². The lowest BCUT2D eigenvalue weighted by Crippen LogP contribution is -2.31. The monoisotopic (exact) mass is 269 g/mol. The van der Waals surface area contributed by atoms with Gasteiger partial charge in [-0.3, -0.25) is 0 Å². The van der Waals surface area contributed by atoms with Crippen molar-refractivity contribution in [3.05, 3.63) is 17.7 Å². The first-order valence-corrected chi connectivity index (χ1v) is 6.30. The average Bonchev–Trinajstić information content (AvgIpc) is 2.44. The standard InChI is InChI=1S/C14H23NO4/c1-6-15-9(2)13(16)10-7-11(17-3)14(19-5)12(8-10)18-4/h7-9,13,15-16H,6H2,1-5H3. The van der Waals surface area contributed by atoms with Gasteiger partial charge in [-0.25, -0.2) is 0 Å². The van der Waals surface area contributed by atoms with Gasteiger partial charge in [-0.1, -0.05) is 6.92 Å². The second kappa shape index (κ2) is 7.21. The van der Waals surface area contributed by atoms with Crippen LogP contribution in [0.2, 0.25) is 0 Å². The SMILES string of the molecule is CCNC(C)C(O)c1cc(OC)c(OC)c(OC)c1. The molecule has 5 nitrogen and oxygen atoms in total. The maximum atomic E-state index is 10.3. The Morgan fingerprint density at radius 1 is 1.11 bits per heavy atom. The number of rotatable bonds is 7. The number of likely N-dealkylation sites (N-methyl/N-ethyl adjacent to an activating group) is 1. The Morgan fingerprint density at radius 2 is 1.63 bits per heavy atom. The number of hydrogen-bond donors (Lipinski definition) is 2. The van der Waals surface area contributed by atoms with E-state index in [0.717, 1.165) is 12.1 Å². The first kappa shape index (κ1) is 15.6. The van der Waals surface area contributed by atoms with Crippen LogP contribution in [0.15, 0.2) is 12.1 Å². The minimum atomic E-state index is -0.645. The van der Waals surface area contributed by atoms with E-state index in [-0.39, 0.29) is 6.04 Å². The molecule has 0 aliphatic carbocycles. The maximum Gasteiger partial charge on any atom is 0.203 e. The van der Waals surface area contributed by atoms with Gasteiger partial charge in [0.05, 0.1) is 27.4 Å². The summed E-state index contributed by atoms with van der Waals surface area (Å²) in [6, 6.07) is 3.47. The number of methoxy groups -OCH3 is 3. The Balaban J connectivity index is 3.15. The molecule has 1 rings (SSSR count). The van der Waals surface area contributed by atoms with Gasteiger partial charge in [0.2, 0.25) is 5.75 Å². The second-order valence-corrected chi connectivity index (χ2v) is 4.25. The van der Waals surface area contributed by atoms with E-state index in [9.17, 15) is 5.11 Å². The highest BCUT2D eigenvalue weighted by molar-refractivity contribution is 5.54. The van der Waals surface area contributed by atoms with Gasteiger partial charge in [0.25, 0.3) is 0 Å². The second-order valence-electron chi connectivity index (χ2n) is 4.25. The number of hydrogen-bond acceptors (Lipinski definition) is 5. The molecule has 1 aromatic rings. The van der Waals surface area contributed by atoms with Gasteiger partial charge < -0.3 is 24.6 Å². The highest BCUT2D eigenvalue weighted by Gasteiger charge is 2.20. The molecule has 0 radical (unpaired) electrons. The summed E-state index contributed by atoms with van der Waals surface area (Å²) in [6.07, 6.45) is -0.645. The fourth-order valence-corrected chi connectivity index (χ4v) is 1.99. The first-order valence-electron chi connectivity index (χ1n) is 6.30. The van der Waals surface area contributed by atoms with Crippen molar-refractivity contribution in [3.8, 4) is 17.2 Å². The van der Waals surface area contributed by atoms with E-state index in [4.69, 9.17) is 14.2 Å². The zero-order valence-corrected chi connectivity index (χ0v) is 12.2. The van der Waals surface area contributed by atoms with Crippen molar-refractivity contribution < 1.29 is 19.3 Å². The Hall–Kier alpha value is -1.46. The van der Waals surface area contributed by atoms with Gasteiger partial charge in [-0.2, -0.15) is 0 Å². The van der Waals surface area contributed by atoms with Crippen LogP contribution in [0.3, 0.4) is 0 Å². The zero-order chi connectivity index (χ0) is 14.4. The minimum Gasteiger partial charge on any atom is -0.493 e. The van der Waals surface area contributed by atoms with Crippen LogP contribution in [0.25, 0.3) is 0 Å². The minimum absolute atomic E-state index is 0.0622. The van der Waals surface area contributed by atoms with Crippen LogP contribution < -0.4 is 19.5 Å². The highest BCUT2D eigenvalue weighted by atomic mass is 16.5. The number of ether oxygens (including phenoxy) is 3. The largest absolute Gasteiger partial charge is 0.493 e. The van der Waals surface area contributed by atoms with E-state index in [1.54, 1.807) is 33.5 Å². The van der Waals surface area contributed by atoms with Crippen molar-refractivity contribution in [3.63, 3.8) is 0 Å². The van der Waals surface area contributed by atoms with Crippen molar-refractivity contribution >= 4 is 0 Å². The van der Waals surface area contributed by atoms with Gasteiger partial charge in [-0.05, 0) is 31.2 Å². The summed E-state index contributed by atoms with van der Waals surface area (Å²) in [5.74, 6) is 1.61. The van der Waals surface area contributed by atoms with Crippen molar-refractivity contribution in [2.75, 3.05) is 27.9 Å². The topological polar surface area (TPSA) is 60.0 Å². The quantitative estimate of drug-likeness (QED) is 0.789. The summed E-state index contributed by atoms with van der Waals surface area (Å²) < 4.78 is 15.8. The molecule has 0 aliphatic rings. The molecule has 0 saturated heterocycles. The number of aliphatic hydroxyl groups is 1. The number of benzene rings is 1. The summed E-state index contributed by atoms with van der Waals surface area (Å²) in [6.45, 7) is 4.72. The normalized spacial score (nSPS) is 13.8. The van der Waals surface area contributed by atoms with Crippen LogP contribution in [0.5, 0.6) is 17.2 Å². The van der Waals surface area contributed by atoms with E-state index in [0.29, 0.717) is 17.2 Å². The molecule has 0 aliphatic heterocycles. The smallest absolute Gasteiger partial charge is 0.203 e. The predicted molar refractivity (Wildman–Crippen MR) is 74.2 cm³/mol. The van der Waals surface area contributed by atoms with Gasteiger partial charge in [0.1, 0.15) is 0 Å². The lowest BCUT2D eigenvalue weighted by atomic mass is 10.0. The molecular formula is C14H23NO4. The van der Waals surface area contributed by atoms with Gasteiger partial charge in [0.15, 0.2) is 11.5 Å². The maximum absolute atomic E-state index is 10.3. The molecule has 0 bridgehead atoms. The van der Waals surface area contributed by atoms with Gasteiger partial charge >= 0.3 is 0 Å². The predicted octanol–water partition coefficient (Wildman–Crippen LogP) is 1.74. The third-order valence-corrected chi connectivity index (χ3v) is 3.03. The van der Waals surface area contributed by atoms with E-state index < -0.39 is 6.10 Å². The molecule has 5 heteroatoms. The van der Waals surface area contributed by atoms with Crippen molar-refractivity contribution in [1.29, 1.82) is 0 Å². The molecular weight excluding hydrogens is 246 g/mol. The third-order valence-electron chi connectivity index (χ3n) is 3.03. The molecule has 2 unspecified atom stereocenters. The molecule has 2 atom stereocenters. The fourth-order valence-electron chi connectivity index (χ4n) is 1.99. The molecule has 19 heavy (non-hydrogen) atoms. The first-order chi connectivity index (χ1) is 9.08. The Bertz CT molecular complexity index is 383. The summed E-state index contributed by atoms with van der Waals surface area (Å²) in [4.78, 5) is 0. The molecule has 0 spiro atoms. The molecule has 0 aromatic heterocycles. The van der Waals surface area contributed by atoms with Crippen molar-refractivity contribution in [2.24, 2.45) is 0 Å². The third kappa shape index (κ3) is 3.52. The number of nitrogens with one attached hydrogen (secondary N) is 1. The highest BCUT2D eigenvalue weighted by Crippen LogP contribution is 2.40. The number of aliphatic hydroxyl groups excluding tert-OH is 1. The average molecular weight is 269 g/mol.